The minimum absolute atomic E-state index is 1.37. The third-order valence-electron chi connectivity index (χ3n) is 8.12. The molecule has 0 aliphatic rings. The molecule has 0 aromatic carbocycles. The van der Waals surface area contributed by atoms with E-state index in [-0.39, 0.29) is 0 Å². The van der Waals surface area contributed by atoms with Crippen LogP contribution in [-0.2, 0) is 4.57 Å². The highest BCUT2D eigenvalue weighted by atomic mass is 31.2. The molecule has 4 nitrogen and oxygen atoms in total. The van der Waals surface area contributed by atoms with Gasteiger partial charge in [-0.15, -0.1) is 0 Å². The van der Waals surface area contributed by atoms with Crippen molar-refractivity contribution in [2.45, 2.75) is 253 Å². The van der Waals surface area contributed by atoms with Crippen molar-refractivity contribution in [3.05, 3.63) is 0 Å². The van der Waals surface area contributed by atoms with Crippen LogP contribution in [0.1, 0.15) is 253 Å². The van der Waals surface area contributed by atoms with Crippen LogP contribution in [0.5, 0.6) is 0 Å². The predicted molar refractivity (Wildman–Crippen MR) is 201 cm³/mol. The van der Waals surface area contributed by atoms with Gasteiger partial charge in [0, 0.05) is 0 Å². The summed E-state index contributed by atoms with van der Waals surface area (Å²) in [6, 6.07) is 0. The fourth-order valence-corrected chi connectivity index (χ4v) is 5.21. The van der Waals surface area contributed by atoms with Crippen molar-refractivity contribution in [2.24, 2.45) is 0 Å². The highest BCUT2D eigenvalue weighted by Gasteiger charge is 2.00. The molecule has 3 N–H and O–H groups in total. The Hall–Kier alpha value is 0.110. The van der Waals surface area contributed by atoms with E-state index in [2.05, 4.69) is 41.5 Å². The molecule has 0 aliphatic carbocycles. The lowest BCUT2D eigenvalue weighted by atomic mass is 10.1. The van der Waals surface area contributed by atoms with E-state index in [1.165, 1.54) is 212 Å². The van der Waals surface area contributed by atoms with Gasteiger partial charge in [0.25, 0.3) is 0 Å². The Morgan fingerprint density at radius 2 is 0.318 bits per heavy atom. The Morgan fingerprint density at radius 3 is 0.386 bits per heavy atom. The molecule has 0 unspecified atom stereocenters. The third-order valence-corrected chi connectivity index (χ3v) is 8.12. The summed E-state index contributed by atoms with van der Waals surface area (Å²) in [4.78, 5) is 21.6. The molecule has 0 atom stereocenters. The van der Waals surface area contributed by atoms with Crippen molar-refractivity contribution in [3.8, 4) is 0 Å². The lowest BCUT2D eigenvalue weighted by Gasteiger charge is -2.00. The van der Waals surface area contributed by atoms with Crippen LogP contribution < -0.4 is 0 Å². The summed E-state index contributed by atoms with van der Waals surface area (Å²) < 4.78 is 8.88. The summed E-state index contributed by atoms with van der Waals surface area (Å²) >= 11 is 0. The Kier molecular flexibility index (Phi) is 57.9. The fourth-order valence-electron chi connectivity index (χ4n) is 5.21. The molecule has 0 amide bonds. The van der Waals surface area contributed by atoms with Gasteiger partial charge in [-0.3, -0.25) is 0 Å². The smallest absolute Gasteiger partial charge is 0.303 e. The number of hydrogen-bond acceptors (Lipinski definition) is 1. The topological polar surface area (TPSA) is 77.8 Å². The van der Waals surface area contributed by atoms with Gasteiger partial charge < -0.3 is 14.7 Å². The second-order valence-electron chi connectivity index (χ2n) is 13.1. The third kappa shape index (κ3) is 78.5. The van der Waals surface area contributed by atoms with E-state index in [0.717, 1.165) is 0 Å². The first kappa shape index (κ1) is 51.0. The monoisotopic (exact) mass is 651 g/mol. The summed E-state index contributed by atoms with van der Waals surface area (Å²) in [7, 11) is -4.64. The largest absolute Gasteiger partial charge is 0.466 e. The zero-order valence-corrected chi connectivity index (χ0v) is 32.4. The van der Waals surface area contributed by atoms with Gasteiger partial charge >= 0.3 is 7.82 Å². The van der Waals surface area contributed by atoms with Gasteiger partial charge in [-0.1, -0.05) is 253 Å². The average molecular weight is 651 g/mol. The van der Waals surface area contributed by atoms with Crippen molar-refractivity contribution < 1.29 is 19.2 Å². The van der Waals surface area contributed by atoms with Crippen LogP contribution in [0.2, 0.25) is 0 Å². The van der Waals surface area contributed by atoms with E-state index in [4.69, 9.17) is 19.2 Å². The zero-order valence-electron chi connectivity index (χ0n) is 31.5. The van der Waals surface area contributed by atoms with Gasteiger partial charge in [-0.25, -0.2) is 4.57 Å². The standard InChI is InChI=1S/3C13H28.H3O4P/c3*1-3-5-7-9-11-13-12-10-8-6-4-2;1-5(2,3)4/h3*3-13H2,1-2H3;(H3,1,2,3,4). The van der Waals surface area contributed by atoms with Gasteiger partial charge in [-0.05, 0) is 0 Å². The van der Waals surface area contributed by atoms with Crippen LogP contribution >= 0.6 is 7.82 Å². The van der Waals surface area contributed by atoms with Gasteiger partial charge in [-0.2, -0.15) is 0 Å². The molecule has 0 bridgehead atoms. The summed E-state index contributed by atoms with van der Waals surface area (Å²) in [5.74, 6) is 0. The second-order valence-corrected chi connectivity index (χ2v) is 14.1. The summed E-state index contributed by atoms with van der Waals surface area (Å²) in [6.07, 6.45) is 47.8. The van der Waals surface area contributed by atoms with Crippen LogP contribution in [0.3, 0.4) is 0 Å². The molecule has 0 aromatic heterocycles. The highest BCUT2D eigenvalue weighted by molar-refractivity contribution is 7.45. The Morgan fingerprint density at radius 1 is 0.250 bits per heavy atom. The molecule has 44 heavy (non-hydrogen) atoms. The number of unbranched alkanes of at least 4 members (excludes halogenated alkanes) is 30. The van der Waals surface area contributed by atoms with Crippen LogP contribution in [-0.4, -0.2) is 14.7 Å². The number of rotatable bonds is 30. The maximum atomic E-state index is 8.88. The molecule has 0 radical (unpaired) electrons. The molecule has 272 valence electrons. The van der Waals surface area contributed by atoms with Crippen molar-refractivity contribution in [3.63, 3.8) is 0 Å². The van der Waals surface area contributed by atoms with Crippen molar-refractivity contribution >= 4 is 7.82 Å². The van der Waals surface area contributed by atoms with Crippen molar-refractivity contribution in [1.82, 2.24) is 0 Å². The molecular formula is C39H87O4P. The highest BCUT2D eigenvalue weighted by Crippen LogP contribution is 2.25. The first-order valence-electron chi connectivity index (χ1n) is 20.0. The molecule has 0 aliphatic heterocycles. The van der Waals surface area contributed by atoms with Crippen LogP contribution in [0.15, 0.2) is 0 Å². The van der Waals surface area contributed by atoms with E-state index in [1.54, 1.807) is 0 Å². The zero-order chi connectivity index (χ0) is 33.8. The van der Waals surface area contributed by atoms with Crippen LogP contribution in [0.4, 0.5) is 0 Å². The van der Waals surface area contributed by atoms with E-state index < -0.39 is 7.82 Å². The minimum Gasteiger partial charge on any atom is -0.303 e. The van der Waals surface area contributed by atoms with Crippen molar-refractivity contribution in [1.29, 1.82) is 0 Å². The summed E-state index contributed by atoms with van der Waals surface area (Å²) in [5, 5.41) is 0. The van der Waals surface area contributed by atoms with E-state index in [9.17, 15) is 0 Å². The van der Waals surface area contributed by atoms with Crippen molar-refractivity contribution in [2.75, 3.05) is 0 Å². The molecule has 0 saturated heterocycles. The maximum absolute atomic E-state index is 8.88. The Labute approximate surface area is 280 Å². The predicted octanol–water partition coefficient (Wildman–Crippen LogP) is 15.0. The molecule has 0 rings (SSSR count). The van der Waals surface area contributed by atoms with Crippen LogP contribution in [0.25, 0.3) is 0 Å². The average Bonchev–Trinajstić information content (AvgIpc) is 2.98. The normalized spacial score (nSPS) is 10.8. The van der Waals surface area contributed by atoms with Gasteiger partial charge in [0.1, 0.15) is 0 Å². The Balaban J connectivity index is -0.000000253. The van der Waals surface area contributed by atoms with E-state index in [1.807, 2.05) is 0 Å². The van der Waals surface area contributed by atoms with Gasteiger partial charge in [0.2, 0.25) is 0 Å². The lowest BCUT2D eigenvalue weighted by molar-refractivity contribution is 0.275. The second kappa shape index (κ2) is 50.0. The van der Waals surface area contributed by atoms with Gasteiger partial charge in [0.15, 0.2) is 0 Å². The SMILES string of the molecule is CCCCCCCCCCCCC.CCCCCCCCCCCCC.CCCCCCCCCCCCC.O=P(O)(O)O. The van der Waals surface area contributed by atoms with Gasteiger partial charge in [0.05, 0.1) is 0 Å². The lowest BCUT2D eigenvalue weighted by Crippen LogP contribution is -1.80. The maximum Gasteiger partial charge on any atom is 0.466 e. The summed E-state index contributed by atoms with van der Waals surface area (Å²) in [6.45, 7) is 13.7. The first-order valence-corrected chi connectivity index (χ1v) is 21.6. The molecule has 5 heteroatoms. The molecule has 0 heterocycles. The minimum atomic E-state index is -4.64. The Bertz CT molecular complexity index is 390. The molecule has 0 aromatic rings. The summed E-state index contributed by atoms with van der Waals surface area (Å²) in [5.41, 5.74) is 0. The molecule has 0 spiro atoms. The van der Waals surface area contributed by atoms with E-state index in [0.29, 0.717) is 0 Å². The first-order chi connectivity index (χ1) is 21.2. The molecular weight excluding hydrogens is 563 g/mol. The number of hydrogen-bond donors (Lipinski definition) is 3. The van der Waals surface area contributed by atoms with Crippen LogP contribution in [0, 0.1) is 0 Å². The van der Waals surface area contributed by atoms with E-state index >= 15 is 0 Å². The fraction of sp³-hybridized carbons (Fsp3) is 1.00. The molecule has 0 fully saturated rings. The number of phosphoric acid groups is 1. The molecule has 0 saturated carbocycles. The quantitative estimate of drug-likeness (QED) is 0.0534.